The Kier molecular flexibility index (Phi) is 4.03. The lowest BCUT2D eigenvalue weighted by Gasteiger charge is -2.44. The van der Waals surface area contributed by atoms with Crippen LogP contribution in [0.15, 0.2) is 22.6 Å². The van der Waals surface area contributed by atoms with E-state index in [2.05, 4.69) is 25.4 Å². The average Bonchev–Trinajstić information content (AvgIpc) is 3.25. The monoisotopic (exact) mass is 397 g/mol. The maximum absolute atomic E-state index is 15.1. The summed E-state index contributed by atoms with van der Waals surface area (Å²) in [6, 6.07) is 5.04. The molecule has 8 heteroatoms. The van der Waals surface area contributed by atoms with Gasteiger partial charge in [0.05, 0.1) is 11.7 Å². The van der Waals surface area contributed by atoms with Crippen LogP contribution < -0.4 is 10.2 Å². The summed E-state index contributed by atoms with van der Waals surface area (Å²) in [5.41, 5.74) is 2.78. The number of anilines is 1. The van der Waals surface area contributed by atoms with Gasteiger partial charge >= 0.3 is 0 Å². The molecule has 2 aromatic heterocycles. The van der Waals surface area contributed by atoms with Crippen LogP contribution in [0.5, 0.6) is 5.75 Å². The number of nitrogens with one attached hydrogen (secondary N) is 1. The standard InChI is InChI=1S/C21H24FN5O2/c1-11-24-15-10-17(28)13(9-18(15)29-11)14-8-12-5-7-27(20(12)26-25-14)16-4-6-23-21(2,3)19(16)22/h8-10,16,19,23,28H,4-7H2,1-3H3/t16-,19-/m1/s1. The maximum Gasteiger partial charge on any atom is 0.192 e. The molecular weight excluding hydrogens is 373 g/mol. The van der Waals surface area contributed by atoms with Gasteiger partial charge in [-0.3, -0.25) is 0 Å². The molecule has 29 heavy (non-hydrogen) atoms. The number of aromatic nitrogens is 3. The van der Waals surface area contributed by atoms with Crippen LogP contribution >= 0.6 is 0 Å². The van der Waals surface area contributed by atoms with E-state index < -0.39 is 11.7 Å². The van der Waals surface area contributed by atoms with Gasteiger partial charge in [0.2, 0.25) is 0 Å². The molecule has 5 rings (SSSR count). The molecule has 1 fully saturated rings. The molecule has 3 aromatic rings. The highest BCUT2D eigenvalue weighted by Crippen LogP contribution is 2.37. The van der Waals surface area contributed by atoms with Gasteiger partial charge in [0.1, 0.15) is 17.4 Å². The molecule has 7 nitrogen and oxygen atoms in total. The van der Waals surface area contributed by atoms with Crippen LogP contribution in [-0.2, 0) is 6.42 Å². The second-order valence-corrected chi connectivity index (χ2v) is 8.50. The lowest BCUT2D eigenvalue weighted by molar-refractivity contribution is 0.111. The number of halogens is 1. The number of alkyl halides is 1. The van der Waals surface area contributed by atoms with Gasteiger partial charge in [-0.25, -0.2) is 9.37 Å². The highest BCUT2D eigenvalue weighted by atomic mass is 19.1. The average molecular weight is 397 g/mol. The molecule has 2 aliphatic rings. The molecule has 0 aliphatic carbocycles. The normalized spacial score (nSPS) is 23.5. The molecule has 2 N–H and O–H groups in total. The Bertz CT molecular complexity index is 1100. The predicted octanol–water partition coefficient (Wildman–Crippen LogP) is 3.14. The van der Waals surface area contributed by atoms with Gasteiger partial charge in [-0.05, 0) is 45.4 Å². The summed E-state index contributed by atoms with van der Waals surface area (Å²) in [5.74, 6) is 1.37. The van der Waals surface area contributed by atoms with Gasteiger partial charge < -0.3 is 19.7 Å². The van der Waals surface area contributed by atoms with E-state index in [1.54, 1.807) is 19.1 Å². The SMILES string of the molecule is Cc1nc2cc(O)c(-c3cc4c(nn3)N([C@@H]3CCNC(C)(C)[C@@H]3F)CC4)cc2o1. The number of nitrogens with zero attached hydrogens (tertiary/aromatic N) is 4. The number of oxazole rings is 1. The van der Waals surface area contributed by atoms with Gasteiger partial charge in [0, 0.05) is 36.2 Å². The first kappa shape index (κ1) is 18.3. The number of hydrogen-bond acceptors (Lipinski definition) is 7. The molecule has 0 radical (unpaired) electrons. The third-order valence-electron chi connectivity index (χ3n) is 6.08. The molecule has 0 amide bonds. The number of phenols is 1. The molecule has 0 saturated carbocycles. The maximum atomic E-state index is 15.1. The molecule has 152 valence electrons. The van der Waals surface area contributed by atoms with Crippen LogP contribution in [0.25, 0.3) is 22.4 Å². The predicted molar refractivity (Wildman–Crippen MR) is 108 cm³/mol. The minimum absolute atomic E-state index is 0.0822. The molecule has 0 bridgehead atoms. The summed E-state index contributed by atoms with van der Waals surface area (Å²) < 4.78 is 20.7. The zero-order valence-electron chi connectivity index (χ0n) is 16.7. The smallest absolute Gasteiger partial charge is 0.192 e. The molecule has 0 unspecified atom stereocenters. The highest BCUT2D eigenvalue weighted by Gasteiger charge is 2.44. The number of aryl methyl sites for hydroxylation is 1. The van der Waals surface area contributed by atoms with E-state index in [9.17, 15) is 5.11 Å². The van der Waals surface area contributed by atoms with E-state index in [1.807, 2.05) is 19.9 Å². The number of aromatic hydroxyl groups is 1. The topological polar surface area (TPSA) is 87.3 Å². The fourth-order valence-electron chi connectivity index (χ4n) is 4.52. The third kappa shape index (κ3) is 2.93. The molecule has 0 spiro atoms. The van der Waals surface area contributed by atoms with E-state index >= 15 is 4.39 Å². The Morgan fingerprint density at radius 3 is 2.93 bits per heavy atom. The summed E-state index contributed by atoms with van der Waals surface area (Å²) in [4.78, 5) is 6.29. The van der Waals surface area contributed by atoms with Crippen molar-refractivity contribution < 1.29 is 13.9 Å². The second kappa shape index (κ2) is 6.38. The van der Waals surface area contributed by atoms with Crippen molar-refractivity contribution >= 4 is 16.9 Å². The molecule has 1 saturated heterocycles. The van der Waals surface area contributed by atoms with Crippen molar-refractivity contribution in [3.8, 4) is 17.0 Å². The molecule has 4 heterocycles. The molecule has 1 aromatic carbocycles. The number of rotatable bonds is 2. The fraction of sp³-hybridized carbons (Fsp3) is 0.476. The number of piperidine rings is 1. The van der Waals surface area contributed by atoms with E-state index in [4.69, 9.17) is 4.42 Å². The van der Waals surface area contributed by atoms with Crippen LogP contribution in [0.2, 0.25) is 0 Å². The van der Waals surface area contributed by atoms with Gasteiger partial charge in [-0.1, -0.05) is 0 Å². The van der Waals surface area contributed by atoms with Gasteiger partial charge in [0.25, 0.3) is 0 Å². The quantitative estimate of drug-likeness (QED) is 0.687. The van der Waals surface area contributed by atoms with Crippen LogP contribution in [-0.4, -0.2) is 51.1 Å². The van der Waals surface area contributed by atoms with Gasteiger partial charge in [-0.2, -0.15) is 0 Å². The number of phenolic OH excluding ortho intramolecular Hbond substituents is 1. The highest BCUT2D eigenvalue weighted by molar-refractivity contribution is 5.84. The Balaban J connectivity index is 1.49. The second-order valence-electron chi connectivity index (χ2n) is 8.50. The van der Waals surface area contributed by atoms with Crippen molar-refractivity contribution in [1.29, 1.82) is 0 Å². The lowest BCUT2D eigenvalue weighted by Crippen LogP contribution is -2.62. The zero-order chi connectivity index (χ0) is 20.3. The molecular formula is C21H24FN5O2. The fourth-order valence-corrected chi connectivity index (χ4v) is 4.52. The first-order valence-corrected chi connectivity index (χ1v) is 9.96. The van der Waals surface area contributed by atoms with Crippen molar-refractivity contribution in [1.82, 2.24) is 20.5 Å². The van der Waals surface area contributed by atoms with Crippen LogP contribution in [0.1, 0.15) is 31.7 Å². The summed E-state index contributed by atoms with van der Waals surface area (Å²) in [6.45, 7) is 7.07. The summed E-state index contributed by atoms with van der Waals surface area (Å²) in [6.07, 6.45) is 0.514. The van der Waals surface area contributed by atoms with E-state index in [0.717, 1.165) is 37.3 Å². The van der Waals surface area contributed by atoms with Crippen LogP contribution in [0.4, 0.5) is 10.2 Å². The number of benzene rings is 1. The Morgan fingerprint density at radius 2 is 2.10 bits per heavy atom. The van der Waals surface area contributed by atoms with Crippen molar-refractivity contribution in [2.45, 2.75) is 51.4 Å². The first-order chi connectivity index (χ1) is 13.8. The Morgan fingerprint density at radius 1 is 1.28 bits per heavy atom. The number of hydrogen-bond donors (Lipinski definition) is 2. The minimum atomic E-state index is -0.996. The van der Waals surface area contributed by atoms with Crippen molar-refractivity contribution in [3.05, 3.63) is 29.7 Å². The van der Waals surface area contributed by atoms with E-state index in [-0.39, 0.29) is 11.8 Å². The Labute approximate surface area is 167 Å². The Hall–Kier alpha value is -2.74. The lowest BCUT2D eigenvalue weighted by atomic mass is 9.86. The molecule has 2 atom stereocenters. The number of fused-ring (bicyclic) bond motifs is 2. The largest absolute Gasteiger partial charge is 0.507 e. The summed E-state index contributed by atoms with van der Waals surface area (Å²) >= 11 is 0. The van der Waals surface area contributed by atoms with Crippen LogP contribution in [0, 0.1) is 6.92 Å². The molecule has 2 aliphatic heterocycles. The van der Waals surface area contributed by atoms with E-state index in [1.165, 1.54) is 0 Å². The van der Waals surface area contributed by atoms with Crippen molar-refractivity contribution in [2.24, 2.45) is 0 Å². The first-order valence-electron chi connectivity index (χ1n) is 9.96. The van der Waals surface area contributed by atoms with Crippen molar-refractivity contribution in [3.63, 3.8) is 0 Å². The minimum Gasteiger partial charge on any atom is -0.507 e. The summed E-state index contributed by atoms with van der Waals surface area (Å²) in [7, 11) is 0. The zero-order valence-corrected chi connectivity index (χ0v) is 16.7. The van der Waals surface area contributed by atoms with Gasteiger partial charge in [-0.15, -0.1) is 10.2 Å². The van der Waals surface area contributed by atoms with Crippen LogP contribution in [0.3, 0.4) is 0 Å². The third-order valence-corrected chi connectivity index (χ3v) is 6.08. The van der Waals surface area contributed by atoms with Crippen molar-refractivity contribution in [2.75, 3.05) is 18.0 Å². The van der Waals surface area contributed by atoms with Gasteiger partial charge in [0.15, 0.2) is 17.3 Å². The van der Waals surface area contributed by atoms with E-state index in [0.29, 0.717) is 28.2 Å². The summed E-state index contributed by atoms with van der Waals surface area (Å²) in [5, 5.41) is 22.5.